The second kappa shape index (κ2) is 7.53. The van der Waals surface area contributed by atoms with Crippen LogP contribution in [0.1, 0.15) is 31.9 Å². The van der Waals surface area contributed by atoms with Crippen LogP contribution in [0.15, 0.2) is 12.3 Å². The number of rotatable bonds is 7. The van der Waals surface area contributed by atoms with Gasteiger partial charge in [-0.3, -0.25) is 11.3 Å². The lowest BCUT2D eigenvalue weighted by molar-refractivity contribution is 0.282. The summed E-state index contributed by atoms with van der Waals surface area (Å²) in [6.07, 6.45) is 2.41. The van der Waals surface area contributed by atoms with Crippen LogP contribution in [0.2, 0.25) is 5.02 Å². The summed E-state index contributed by atoms with van der Waals surface area (Å²) < 4.78 is 0. The van der Waals surface area contributed by atoms with Crippen LogP contribution in [-0.4, -0.2) is 29.5 Å². The van der Waals surface area contributed by atoms with Crippen molar-refractivity contribution < 1.29 is 0 Å². The first-order valence-electron chi connectivity index (χ1n) is 6.21. The highest BCUT2D eigenvalue weighted by atomic mass is 35.5. The van der Waals surface area contributed by atoms with Crippen LogP contribution in [0.25, 0.3) is 0 Å². The summed E-state index contributed by atoms with van der Waals surface area (Å²) >= 11 is 5.94. The number of nitrogens with two attached hydrogens (primary N) is 2. The third kappa shape index (κ3) is 4.10. The quantitative estimate of drug-likeness (QED) is 0.518. The second-order valence-electron chi connectivity index (χ2n) is 4.16. The molecule has 0 aromatic carbocycles. The molecule has 0 radical (unpaired) electrons. The van der Waals surface area contributed by atoms with Gasteiger partial charge in [-0.05, 0) is 32.1 Å². The Morgan fingerprint density at radius 2 is 2.11 bits per heavy atom. The van der Waals surface area contributed by atoms with Gasteiger partial charge >= 0.3 is 0 Å². The summed E-state index contributed by atoms with van der Waals surface area (Å²) in [5.41, 5.74) is 9.50. The summed E-state index contributed by atoms with van der Waals surface area (Å²) in [6, 6.07) is 1.79. The van der Waals surface area contributed by atoms with Crippen molar-refractivity contribution in [2.45, 2.75) is 26.3 Å². The number of hydrogen-bond acceptors (Lipinski definition) is 5. The molecule has 0 aliphatic carbocycles. The van der Waals surface area contributed by atoms with Crippen molar-refractivity contribution in [2.24, 2.45) is 5.84 Å². The number of nitrogens with one attached hydrogen (secondary N) is 1. The molecule has 1 aromatic rings. The number of nitrogens with zero attached hydrogens (tertiary/aromatic N) is 2. The van der Waals surface area contributed by atoms with Gasteiger partial charge in [0.1, 0.15) is 5.82 Å². The van der Waals surface area contributed by atoms with Crippen molar-refractivity contribution in [3.8, 4) is 0 Å². The van der Waals surface area contributed by atoms with Gasteiger partial charge in [0.2, 0.25) is 0 Å². The number of hydrogen-bond donors (Lipinski definition) is 3. The Labute approximate surface area is 113 Å². The van der Waals surface area contributed by atoms with E-state index in [1.54, 1.807) is 6.20 Å². The summed E-state index contributed by atoms with van der Waals surface area (Å²) in [5, 5.41) is 0.572. The van der Waals surface area contributed by atoms with E-state index in [0.29, 0.717) is 10.8 Å². The highest BCUT2D eigenvalue weighted by Crippen LogP contribution is 2.24. The summed E-state index contributed by atoms with van der Waals surface area (Å²) in [6.45, 7) is 7.29. The Morgan fingerprint density at radius 3 is 2.67 bits per heavy atom. The van der Waals surface area contributed by atoms with Gasteiger partial charge in [-0.1, -0.05) is 25.4 Å². The minimum atomic E-state index is -0.0307. The highest BCUT2D eigenvalue weighted by molar-refractivity contribution is 6.30. The zero-order valence-electron chi connectivity index (χ0n) is 11.0. The fourth-order valence-electron chi connectivity index (χ4n) is 1.92. The lowest BCUT2D eigenvalue weighted by atomic mass is 10.1. The van der Waals surface area contributed by atoms with E-state index in [2.05, 4.69) is 29.2 Å². The van der Waals surface area contributed by atoms with Crippen LogP contribution in [-0.2, 0) is 0 Å². The van der Waals surface area contributed by atoms with Gasteiger partial charge < -0.3 is 10.6 Å². The van der Waals surface area contributed by atoms with Crippen molar-refractivity contribution in [1.82, 2.24) is 15.3 Å². The monoisotopic (exact) mass is 271 g/mol. The zero-order valence-corrected chi connectivity index (χ0v) is 11.7. The summed E-state index contributed by atoms with van der Waals surface area (Å²) in [4.78, 5) is 6.38. The molecule has 5 N–H and O–H groups in total. The molecule has 18 heavy (non-hydrogen) atoms. The molecule has 0 aliphatic rings. The van der Waals surface area contributed by atoms with E-state index in [4.69, 9.17) is 23.2 Å². The molecule has 0 spiro atoms. The zero-order chi connectivity index (χ0) is 13.5. The lowest BCUT2D eigenvalue weighted by Gasteiger charge is -2.23. The van der Waals surface area contributed by atoms with Gasteiger partial charge in [0.25, 0.3) is 0 Å². The van der Waals surface area contributed by atoms with Crippen molar-refractivity contribution in [3.05, 3.63) is 22.8 Å². The minimum absolute atomic E-state index is 0.0307. The van der Waals surface area contributed by atoms with Crippen LogP contribution >= 0.6 is 11.6 Å². The van der Waals surface area contributed by atoms with Crippen LogP contribution in [0, 0.1) is 0 Å². The van der Waals surface area contributed by atoms with Crippen LogP contribution in [0.4, 0.5) is 5.82 Å². The van der Waals surface area contributed by atoms with Crippen LogP contribution in [0.3, 0.4) is 0 Å². The number of pyridine rings is 1. The first kappa shape index (κ1) is 15.2. The molecule has 0 saturated carbocycles. The lowest BCUT2D eigenvalue weighted by Crippen LogP contribution is -2.33. The fraction of sp³-hybridized carbons (Fsp3) is 0.583. The maximum atomic E-state index is 5.94. The van der Waals surface area contributed by atoms with E-state index < -0.39 is 0 Å². The number of halogens is 1. The molecule has 1 aromatic heterocycles. The first-order valence-corrected chi connectivity index (χ1v) is 6.59. The van der Waals surface area contributed by atoms with E-state index in [1.165, 1.54) is 0 Å². The molecule has 0 fully saturated rings. The SMILES string of the molecule is CCN(CC)CCC(NN)c1cc(Cl)cnc1N. The highest BCUT2D eigenvalue weighted by Gasteiger charge is 2.15. The largest absolute Gasteiger partial charge is 0.383 e. The Hall–Kier alpha value is -0.880. The number of nitrogen functional groups attached to an aromatic ring is 1. The summed E-state index contributed by atoms with van der Waals surface area (Å²) in [7, 11) is 0. The topological polar surface area (TPSA) is 80.2 Å². The third-order valence-corrected chi connectivity index (χ3v) is 3.33. The van der Waals surface area contributed by atoms with Crippen molar-refractivity contribution in [2.75, 3.05) is 25.4 Å². The normalized spacial score (nSPS) is 12.9. The molecule has 102 valence electrons. The predicted molar refractivity (Wildman–Crippen MR) is 76.1 cm³/mol. The molecular formula is C12H22ClN5. The molecule has 0 aliphatic heterocycles. The maximum Gasteiger partial charge on any atom is 0.128 e. The first-order chi connectivity index (χ1) is 8.62. The Morgan fingerprint density at radius 1 is 1.44 bits per heavy atom. The van der Waals surface area contributed by atoms with Crippen molar-refractivity contribution in [1.29, 1.82) is 0 Å². The fourth-order valence-corrected chi connectivity index (χ4v) is 2.09. The van der Waals surface area contributed by atoms with E-state index >= 15 is 0 Å². The minimum Gasteiger partial charge on any atom is -0.383 e. The third-order valence-electron chi connectivity index (χ3n) is 3.12. The maximum absolute atomic E-state index is 5.94. The van der Waals surface area contributed by atoms with Gasteiger partial charge in [0.15, 0.2) is 0 Å². The molecule has 5 nitrogen and oxygen atoms in total. The number of aromatic nitrogens is 1. The second-order valence-corrected chi connectivity index (χ2v) is 4.60. The average Bonchev–Trinajstić information content (AvgIpc) is 2.38. The molecule has 1 atom stereocenters. The van der Waals surface area contributed by atoms with E-state index in [9.17, 15) is 0 Å². The molecule has 1 unspecified atom stereocenters. The van der Waals surface area contributed by atoms with Gasteiger partial charge in [0, 0.05) is 11.8 Å². The predicted octanol–water partition coefficient (Wildman–Crippen LogP) is 1.55. The van der Waals surface area contributed by atoms with E-state index in [0.717, 1.165) is 31.6 Å². The van der Waals surface area contributed by atoms with E-state index in [-0.39, 0.29) is 6.04 Å². The van der Waals surface area contributed by atoms with Crippen LogP contribution < -0.4 is 17.0 Å². The van der Waals surface area contributed by atoms with Gasteiger partial charge in [-0.2, -0.15) is 0 Å². The number of anilines is 1. The molecule has 6 heteroatoms. The van der Waals surface area contributed by atoms with Gasteiger partial charge in [0.05, 0.1) is 11.1 Å². The standard InChI is InChI=1S/C12H22ClN5/c1-3-18(4-2)6-5-11(17-15)10-7-9(13)8-16-12(10)14/h7-8,11,17H,3-6,15H2,1-2H3,(H2,14,16). The van der Waals surface area contributed by atoms with Gasteiger partial charge in [-0.25, -0.2) is 4.98 Å². The van der Waals surface area contributed by atoms with Crippen molar-refractivity contribution >= 4 is 17.4 Å². The average molecular weight is 272 g/mol. The summed E-state index contributed by atoms with van der Waals surface area (Å²) in [5.74, 6) is 6.07. The number of hydrazine groups is 1. The van der Waals surface area contributed by atoms with Crippen LogP contribution in [0.5, 0.6) is 0 Å². The Bertz CT molecular complexity index is 367. The molecule has 0 saturated heterocycles. The molecule has 0 bridgehead atoms. The Balaban J connectivity index is 2.73. The van der Waals surface area contributed by atoms with Gasteiger partial charge in [-0.15, -0.1) is 0 Å². The van der Waals surface area contributed by atoms with E-state index in [1.807, 2.05) is 6.07 Å². The molecule has 1 rings (SSSR count). The Kier molecular flexibility index (Phi) is 6.35. The smallest absolute Gasteiger partial charge is 0.128 e. The molecule has 0 amide bonds. The molecular weight excluding hydrogens is 250 g/mol. The molecule has 1 heterocycles. The van der Waals surface area contributed by atoms with Crippen molar-refractivity contribution in [3.63, 3.8) is 0 Å².